The smallest absolute Gasteiger partial charge is 0.164 e. The van der Waals surface area contributed by atoms with Crippen molar-refractivity contribution in [1.82, 2.24) is 19.9 Å². The quantitative estimate of drug-likeness (QED) is 0.168. The van der Waals surface area contributed by atoms with Crippen LogP contribution in [0.25, 0.3) is 100 Å². The predicted molar refractivity (Wildman–Crippen MR) is 212 cm³/mol. The second kappa shape index (κ2) is 12.4. The summed E-state index contributed by atoms with van der Waals surface area (Å²) < 4.78 is 6.66. The molecule has 0 unspecified atom stereocenters. The molecule has 0 saturated carbocycles. The standard InChI is InChI=1S/C47H27N5O/c48-28-35-17-10-19-41(49-35)33-22-24-36-37-23-21-32(26-40(37)44-43(39(36)27-33)38-18-7-8-20-42(38)53-44)31-15-9-16-34(25-31)47-51-45(29-11-3-1-4-12-29)50-46(52-47)30-13-5-2-6-14-30/h1-27H. The second-order valence-corrected chi connectivity index (χ2v) is 13.0. The minimum Gasteiger partial charge on any atom is -0.455 e. The molecule has 0 fully saturated rings. The van der Waals surface area contributed by atoms with Crippen LogP contribution in [0.3, 0.4) is 0 Å². The molecule has 6 heteroatoms. The van der Waals surface area contributed by atoms with E-state index in [1.54, 1.807) is 6.07 Å². The highest BCUT2D eigenvalue weighted by Crippen LogP contribution is 2.43. The maximum atomic E-state index is 9.48. The Morgan fingerprint density at radius 2 is 0.962 bits per heavy atom. The van der Waals surface area contributed by atoms with Crippen LogP contribution in [0.15, 0.2) is 168 Å². The fourth-order valence-corrected chi connectivity index (χ4v) is 7.23. The van der Waals surface area contributed by atoms with Gasteiger partial charge in [-0.05, 0) is 63.7 Å². The molecule has 6 nitrogen and oxygen atoms in total. The summed E-state index contributed by atoms with van der Waals surface area (Å²) in [6.07, 6.45) is 0. The summed E-state index contributed by atoms with van der Waals surface area (Å²) in [5, 5.41) is 15.9. The molecule has 0 saturated heterocycles. The van der Waals surface area contributed by atoms with Gasteiger partial charge in [0.25, 0.3) is 0 Å². The molecule has 0 amide bonds. The Labute approximate surface area is 304 Å². The van der Waals surface area contributed by atoms with Crippen molar-refractivity contribution >= 4 is 43.5 Å². The number of nitriles is 1. The zero-order valence-corrected chi connectivity index (χ0v) is 28.2. The van der Waals surface area contributed by atoms with Gasteiger partial charge >= 0.3 is 0 Å². The van der Waals surface area contributed by atoms with Crippen molar-refractivity contribution < 1.29 is 4.42 Å². The van der Waals surface area contributed by atoms with Gasteiger partial charge in [-0.3, -0.25) is 0 Å². The number of rotatable bonds is 5. The number of pyridine rings is 1. The summed E-state index contributed by atoms with van der Waals surface area (Å²) in [4.78, 5) is 19.4. The van der Waals surface area contributed by atoms with Crippen molar-refractivity contribution in [2.45, 2.75) is 0 Å². The van der Waals surface area contributed by atoms with Crippen LogP contribution in [0.1, 0.15) is 5.69 Å². The number of hydrogen-bond acceptors (Lipinski definition) is 6. The van der Waals surface area contributed by atoms with Gasteiger partial charge in [-0.1, -0.05) is 127 Å². The van der Waals surface area contributed by atoms with E-state index in [-0.39, 0.29) is 0 Å². The Morgan fingerprint density at radius 1 is 0.396 bits per heavy atom. The summed E-state index contributed by atoms with van der Waals surface area (Å²) in [6.45, 7) is 0. The topological polar surface area (TPSA) is 88.5 Å². The molecule has 0 bridgehead atoms. The molecule has 0 atom stereocenters. The van der Waals surface area contributed by atoms with Gasteiger partial charge in [0.05, 0.1) is 5.69 Å². The number of benzene rings is 7. The molecule has 0 aliphatic carbocycles. The van der Waals surface area contributed by atoms with Gasteiger partial charge in [-0.25, -0.2) is 19.9 Å². The number of fused-ring (bicyclic) bond motifs is 8. The average Bonchev–Trinajstić information content (AvgIpc) is 3.64. The minimum atomic E-state index is 0.389. The van der Waals surface area contributed by atoms with E-state index in [1.165, 1.54) is 0 Å². The molecule has 10 rings (SSSR count). The molecule has 53 heavy (non-hydrogen) atoms. The van der Waals surface area contributed by atoms with Crippen LogP contribution in [0.4, 0.5) is 0 Å². The van der Waals surface area contributed by atoms with Gasteiger partial charge in [0.2, 0.25) is 0 Å². The van der Waals surface area contributed by atoms with Crippen LogP contribution in [0.2, 0.25) is 0 Å². The third kappa shape index (κ3) is 5.27. The first-order valence-electron chi connectivity index (χ1n) is 17.4. The third-order valence-corrected chi connectivity index (χ3v) is 9.75. The highest BCUT2D eigenvalue weighted by atomic mass is 16.3. The SMILES string of the molecule is N#Cc1cccc(-c2ccc3c4ccc(-c5cccc(-c6nc(-c7ccccc7)nc(-c7ccccc7)n6)c5)cc4c4oc5ccccc5c4c3c2)n1. The minimum absolute atomic E-state index is 0.389. The van der Waals surface area contributed by atoms with Crippen molar-refractivity contribution in [2.24, 2.45) is 0 Å². The number of furan rings is 1. The molecule has 0 N–H and O–H groups in total. The van der Waals surface area contributed by atoms with E-state index < -0.39 is 0 Å². The lowest BCUT2D eigenvalue weighted by molar-refractivity contribution is 0.673. The molecule has 3 aromatic heterocycles. The van der Waals surface area contributed by atoms with E-state index in [2.05, 4.69) is 71.7 Å². The van der Waals surface area contributed by atoms with Crippen LogP contribution in [0.5, 0.6) is 0 Å². The van der Waals surface area contributed by atoms with Crippen molar-refractivity contribution in [3.63, 3.8) is 0 Å². The van der Waals surface area contributed by atoms with E-state index in [1.807, 2.05) is 97.1 Å². The molecule has 0 aliphatic rings. The lowest BCUT2D eigenvalue weighted by Crippen LogP contribution is -2.00. The Morgan fingerprint density at radius 3 is 1.70 bits per heavy atom. The first-order chi connectivity index (χ1) is 26.2. The Hall–Kier alpha value is -7.49. The van der Waals surface area contributed by atoms with Crippen LogP contribution in [-0.2, 0) is 0 Å². The third-order valence-electron chi connectivity index (χ3n) is 9.75. The summed E-state index contributed by atoms with van der Waals surface area (Å²) in [6, 6.07) is 57.3. The Balaban J connectivity index is 1.15. The first kappa shape index (κ1) is 30.3. The number of hydrogen-bond donors (Lipinski definition) is 0. The molecular formula is C47H27N5O. The monoisotopic (exact) mass is 677 g/mol. The molecule has 0 radical (unpaired) electrons. The van der Waals surface area contributed by atoms with Gasteiger partial charge in [-0.15, -0.1) is 0 Å². The second-order valence-electron chi connectivity index (χ2n) is 13.0. The van der Waals surface area contributed by atoms with Crippen LogP contribution >= 0.6 is 0 Å². The summed E-state index contributed by atoms with van der Waals surface area (Å²) in [5.41, 5.74) is 8.60. The zero-order chi connectivity index (χ0) is 35.3. The van der Waals surface area contributed by atoms with Gasteiger partial charge in [0.15, 0.2) is 17.5 Å². The van der Waals surface area contributed by atoms with Crippen LogP contribution in [0, 0.1) is 11.3 Å². The lowest BCUT2D eigenvalue weighted by Gasteiger charge is -2.12. The Bertz CT molecular complexity index is 3020. The largest absolute Gasteiger partial charge is 0.455 e. The molecule has 246 valence electrons. The Kier molecular flexibility index (Phi) is 7.09. The maximum Gasteiger partial charge on any atom is 0.164 e. The highest BCUT2D eigenvalue weighted by molar-refractivity contribution is 6.30. The van der Waals surface area contributed by atoms with E-state index in [0.29, 0.717) is 23.2 Å². The summed E-state index contributed by atoms with van der Waals surface area (Å²) >= 11 is 0. The zero-order valence-electron chi connectivity index (χ0n) is 28.2. The molecule has 10 aromatic rings. The summed E-state index contributed by atoms with van der Waals surface area (Å²) in [5.74, 6) is 1.86. The molecule has 7 aromatic carbocycles. The lowest BCUT2D eigenvalue weighted by atomic mass is 9.92. The fourth-order valence-electron chi connectivity index (χ4n) is 7.23. The van der Waals surface area contributed by atoms with Crippen molar-refractivity contribution in [2.75, 3.05) is 0 Å². The molecule has 0 aliphatic heterocycles. The first-order valence-corrected chi connectivity index (χ1v) is 17.4. The fraction of sp³-hybridized carbons (Fsp3) is 0. The van der Waals surface area contributed by atoms with Crippen LogP contribution in [-0.4, -0.2) is 19.9 Å². The predicted octanol–water partition coefficient (Wildman–Crippen LogP) is 11.7. The van der Waals surface area contributed by atoms with E-state index >= 15 is 0 Å². The van der Waals surface area contributed by atoms with Gasteiger partial charge in [0, 0.05) is 38.4 Å². The van der Waals surface area contributed by atoms with Gasteiger partial charge < -0.3 is 4.42 Å². The van der Waals surface area contributed by atoms with E-state index in [0.717, 1.165) is 82.6 Å². The normalized spacial score (nSPS) is 11.4. The van der Waals surface area contributed by atoms with Crippen molar-refractivity contribution in [3.8, 4) is 62.6 Å². The van der Waals surface area contributed by atoms with E-state index in [4.69, 9.17) is 19.4 Å². The summed E-state index contributed by atoms with van der Waals surface area (Å²) in [7, 11) is 0. The van der Waals surface area contributed by atoms with Crippen molar-refractivity contribution in [3.05, 3.63) is 169 Å². The average molecular weight is 678 g/mol. The van der Waals surface area contributed by atoms with Gasteiger partial charge in [-0.2, -0.15) is 5.26 Å². The maximum absolute atomic E-state index is 9.48. The van der Waals surface area contributed by atoms with Crippen LogP contribution < -0.4 is 0 Å². The highest BCUT2D eigenvalue weighted by Gasteiger charge is 2.18. The molecule has 3 heterocycles. The van der Waals surface area contributed by atoms with E-state index in [9.17, 15) is 5.26 Å². The van der Waals surface area contributed by atoms with Crippen molar-refractivity contribution in [1.29, 1.82) is 5.26 Å². The number of nitrogens with zero attached hydrogens (tertiary/aromatic N) is 5. The number of aromatic nitrogens is 4. The molecule has 0 spiro atoms. The molecular weight excluding hydrogens is 651 g/mol. The van der Waals surface area contributed by atoms with Gasteiger partial charge in [0.1, 0.15) is 22.9 Å². The number of para-hydroxylation sites is 1.